The number of hydrogen-bond acceptors (Lipinski definition) is 3. The van der Waals surface area contributed by atoms with Crippen molar-refractivity contribution >= 4 is 11.6 Å². The number of benzene rings is 2. The largest absolute Gasteiger partial charge is 0.497 e. The quantitative estimate of drug-likeness (QED) is 0.923. The van der Waals surface area contributed by atoms with E-state index in [-0.39, 0.29) is 11.9 Å². The third-order valence-electron chi connectivity index (χ3n) is 4.20. The fraction of sp³-hybridized carbons (Fsp3) is 0.316. The molecule has 0 aliphatic carbocycles. The van der Waals surface area contributed by atoms with Gasteiger partial charge in [-0.3, -0.25) is 4.79 Å². The topological polar surface area (TPSA) is 41.6 Å². The summed E-state index contributed by atoms with van der Waals surface area (Å²) < 4.78 is 5.13. The van der Waals surface area contributed by atoms with Gasteiger partial charge in [0.25, 0.3) is 0 Å². The average molecular weight is 310 g/mol. The maximum atomic E-state index is 12.2. The Labute approximate surface area is 137 Å². The van der Waals surface area contributed by atoms with E-state index in [1.54, 1.807) is 7.11 Å². The van der Waals surface area contributed by atoms with Crippen LogP contribution in [0.5, 0.6) is 5.75 Å². The molecule has 1 heterocycles. The van der Waals surface area contributed by atoms with Crippen LogP contribution in [0.4, 0.5) is 5.69 Å². The minimum Gasteiger partial charge on any atom is -0.497 e. The van der Waals surface area contributed by atoms with E-state index >= 15 is 0 Å². The van der Waals surface area contributed by atoms with Crippen LogP contribution in [-0.2, 0) is 11.2 Å². The molecule has 1 aliphatic heterocycles. The van der Waals surface area contributed by atoms with Gasteiger partial charge in [0, 0.05) is 24.8 Å². The SMILES string of the molecule is COc1ccc(CC(=O)N[C@@H]2CCN(c3ccccc3)C2)cc1. The number of carbonyl (C=O) groups excluding carboxylic acids is 1. The minimum atomic E-state index is 0.0788. The smallest absolute Gasteiger partial charge is 0.224 e. The van der Waals surface area contributed by atoms with Crippen molar-refractivity contribution in [2.24, 2.45) is 0 Å². The molecule has 1 amide bonds. The first-order valence-electron chi connectivity index (χ1n) is 7.97. The molecular weight excluding hydrogens is 288 g/mol. The summed E-state index contributed by atoms with van der Waals surface area (Å²) in [6, 6.07) is 18.2. The summed E-state index contributed by atoms with van der Waals surface area (Å²) in [7, 11) is 1.64. The monoisotopic (exact) mass is 310 g/mol. The summed E-state index contributed by atoms with van der Waals surface area (Å²) in [5, 5.41) is 3.14. The summed E-state index contributed by atoms with van der Waals surface area (Å²) >= 11 is 0. The van der Waals surface area contributed by atoms with Crippen molar-refractivity contribution in [2.75, 3.05) is 25.1 Å². The van der Waals surface area contributed by atoms with Crippen molar-refractivity contribution in [3.8, 4) is 5.75 Å². The molecule has 0 spiro atoms. The highest BCUT2D eigenvalue weighted by Crippen LogP contribution is 2.19. The van der Waals surface area contributed by atoms with Crippen LogP contribution in [0.1, 0.15) is 12.0 Å². The van der Waals surface area contributed by atoms with Gasteiger partial charge in [-0.25, -0.2) is 0 Å². The van der Waals surface area contributed by atoms with Gasteiger partial charge in [0.1, 0.15) is 5.75 Å². The molecule has 1 atom stereocenters. The molecule has 1 aliphatic rings. The van der Waals surface area contributed by atoms with Gasteiger partial charge >= 0.3 is 0 Å². The molecule has 120 valence electrons. The van der Waals surface area contributed by atoms with Crippen molar-refractivity contribution in [2.45, 2.75) is 18.9 Å². The first kappa shape index (κ1) is 15.4. The standard InChI is InChI=1S/C19H22N2O2/c1-23-18-9-7-15(8-10-18)13-19(22)20-16-11-12-21(14-16)17-5-3-2-4-6-17/h2-10,16H,11-14H2,1H3,(H,20,22)/t16-/m1/s1. The maximum absolute atomic E-state index is 12.2. The Morgan fingerprint density at radius 3 is 2.61 bits per heavy atom. The molecule has 2 aromatic carbocycles. The van der Waals surface area contributed by atoms with Gasteiger partial charge in [0.05, 0.1) is 13.5 Å². The van der Waals surface area contributed by atoms with Crippen molar-refractivity contribution in [3.05, 3.63) is 60.2 Å². The molecule has 0 bridgehead atoms. The Bertz CT molecular complexity index is 640. The molecule has 1 saturated heterocycles. The van der Waals surface area contributed by atoms with E-state index in [4.69, 9.17) is 4.74 Å². The molecule has 0 radical (unpaired) electrons. The van der Waals surface area contributed by atoms with Crippen LogP contribution in [0.15, 0.2) is 54.6 Å². The molecule has 0 unspecified atom stereocenters. The number of anilines is 1. The summed E-state index contributed by atoms with van der Waals surface area (Å²) in [4.78, 5) is 14.5. The molecule has 1 N–H and O–H groups in total. The zero-order chi connectivity index (χ0) is 16.1. The van der Waals surface area contributed by atoms with Crippen LogP contribution in [0.3, 0.4) is 0 Å². The van der Waals surface area contributed by atoms with E-state index in [9.17, 15) is 4.79 Å². The Morgan fingerprint density at radius 2 is 1.91 bits per heavy atom. The lowest BCUT2D eigenvalue weighted by atomic mass is 10.1. The number of nitrogens with zero attached hydrogens (tertiary/aromatic N) is 1. The summed E-state index contributed by atoms with van der Waals surface area (Å²) in [6.45, 7) is 1.86. The maximum Gasteiger partial charge on any atom is 0.224 e. The second-order valence-electron chi connectivity index (χ2n) is 5.86. The minimum absolute atomic E-state index is 0.0788. The molecule has 4 heteroatoms. The molecule has 0 saturated carbocycles. The van der Waals surface area contributed by atoms with Crippen LogP contribution in [-0.4, -0.2) is 32.1 Å². The highest BCUT2D eigenvalue weighted by atomic mass is 16.5. The molecular formula is C19H22N2O2. The number of hydrogen-bond donors (Lipinski definition) is 1. The van der Waals surface area contributed by atoms with Crippen molar-refractivity contribution in [3.63, 3.8) is 0 Å². The fourth-order valence-electron chi connectivity index (χ4n) is 2.96. The lowest BCUT2D eigenvalue weighted by Gasteiger charge is -2.19. The number of ether oxygens (including phenoxy) is 1. The van der Waals surface area contributed by atoms with E-state index in [0.29, 0.717) is 6.42 Å². The second-order valence-corrected chi connectivity index (χ2v) is 5.86. The van der Waals surface area contributed by atoms with E-state index in [2.05, 4.69) is 22.3 Å². The molecule has 23 heavy (non-hydrogen) atoms. The van der Waals surface area contributed by atoms with E-state index < -0.39 is 0 Å². The summed E-state index contributed by atoms with van der Waals surface area (Å²) in [5.74, 6) is 0.888. The third-order valence-corrected chi connectivity index (χ3v) is 4.20. The molecule has 3 rings (SSSR count). The Morgan fingerprint density at radius 1 is 1.17 bits per heavy atom. The molecule has 1 fully saturated rings. The van der Waals surface area contributed by atoms with Crippen LogP contribution in [0, 0.1) is 0 Å². The van der Waals surface area contributed by atoms with Crippen molar-refractivity contribution in [1.29, 1.82) is 0 Å². The predicted octanol–water partition coefficient (Wildman–Crippen LogP) is 2.63. The lowest BCUT2D eigenvalue weighted by molar-refractivity contribution is -0.121. The highest BCUT2D eigenvalue weighted by molar-refractivity contribution is 5.79. The first-order chi connectivity index (χ1) is 11.2. The van der Waals surface area contributed by atoms with E-state index in [0.717, 1.165) is 30.8 Å². The molecule has 0 aromatic heterocycles. The second kappa shape index (κ2) is 7.18. The van der Waals surface area contributed by atoms with Gasteiger partial charge in [-0.1, -0.05) is 30.3 Å². The highest BCUT2D eigenvalue weighted by Gasteiger charge is 2.23. The third kappa shape index (κ3) is 4.03. The van der Waals surface area contributed by atoms with Gasteiger partial charge in [0.2, 0.25) is 5.91 Å². The normalized spacial score (nSPS) is 17.1. The Hall–Kier alpha value is -2.49. The zero-order valence-corrected chi connectivity index (χ0v) is 13.4. The van der Waals surface area contributed by atoms with E-state index in [1.165, 1.54) is 5.69 Å². The summed E-state index contributed by atoms with van der Waals surface area (Å²) in [5.41, 5.74) is 2.22. The molecule has 2 aromatic rings. The van der Waals surface area contributed by atoms with Gasteiger partial charge in [-0.2, -0.15) is 0 Å². The van der Waals surface area contributed by atoms with Gasteiger partial charge < -0.3 is 15.0 Å². The number of carbonyl (C=O) groups is 1. The van der Waals surface area contributed by atoms with Crippen molar-refractivity contribution in [1.82, 2.24) is 5.32 Å². The number of rotatable bonds is 5. The average Bonchev–Trinajstić information content (AvgIpc) is 3.04. The fourth-order valence-corrected chi connectivity index (χ4v) is 2.96. The first-order valence-corrected chi connectivity index (χ1v) is 7.97. The Kier molecular flexibility index (Phi) is 4.81. The molecule has 4 nitrogen and oxygen atoms in total. The number of methoxy groups -OCH3 is 1. The number of para-hydroxylation sites is 1. The Balaban J connectivity index is 1.50. The van der Waals surface area contributed by atoms with Gasteiger partial charge in [-0.15, -0.1) is 0 Å². The lowest BCUT2D eigenvalue weighted by Crippen LogP contribution is -2.37. The van der Waals surface area contributed by atoms with Crippen LogP contribution < -0.4 is 15.0 Å². The van der Waals surface area contributed by atoms with Crippen LogP contribution in [0.25, 0.3) is 0 Å². The van der Waals surface area contributed by atoms with Crippen LogP contribution >= 0.6 is 0 Å². The van der Waals surface area contributed by atoms with Gasteiger partial charge in [-0.05, 0) is 36.2 Å². The van der Waals surface area contributed by atoms with Crippen LogP contribution in [0.2, 0.25) is 0 Å². The predicted molar refractivity (Wildman–Crippen MR) is 91.9 cm³/mol. The number of amides is 1. The van der Waals surface area contributed by atoms with E-state index in [1.807, 2.05) is 42.5 Å². The van der Waals surface area contributed by atoms with Crippen molar-refractivity contribution < 1.29 is 9.53 Å². The summed E-state index contributed by atoms with van der Waals surface area (Å²) in [6.07, 6.45) is 1.40. The number of nitrogens with one attached hydrogen (secondary N) is 1. The zero-order valence-electron chi connectivity index (χ0n) is 13.4. The van der Waals surface area contributed by atoms with Gasteiger partial charge in [0.15, 0.2) is 0 Å².